The third-order valence-corrected chi connectivity index (χ3v) is 3.19. The summed E-state index contributed by atoms with van der Waals surface area (Å²) in [4.78, 5) is 24.2. The predicted octanol–water partition coefficient (Wildman–Crippen LogP) is 1.24. The van der Waals surface area contributed by atoms with Gasteiger partial charge < -0.3 is 14.5 Å². The van der Waals surface area contributed by atoms with Gasteiger partial charge in [-0.1, -0.05) is 5.16 Å². The van der Waals surface area contributed by atoms with Crippen molar-refractivity contribution in [1.29, 1.82) is 0 Å². The van der Waals surface area contributed by atoms with Crippen LogP contribution < -0.4 is 0 Å². The van der Waals surface area contributed by atoms with Gasteiger partial charge >= 0.3 is 5.97 Å². The van der Waals surface area contributed by atoms with Crippen molar-refractivity contribution >= 4 is 11.9 Å². The van der Waals surface area contributed by atoms with E-state index in [1.807, 2.05) is 0 Å². The van der Waals surface area contributed by atoms with Gasteiger partial charge in [0.2, 0.25) is 5.91 Å². The second kappa shape index (κ2) is 5.20. The molecule has 100 valence electrons. The van der Waals surface area contributed by atoms with Gasteiger partial charge in [-0.05, 0) is 27.2 Å². The summed E-state index contributed by atoms with van der Waals surface area (Å²) in [5.41, 5.74) is 0.411. The van der Waals surface area contributed by atoms with E-state index >= 15 is 0 Å². The SMILES string of the molecule is Cc1nocc1CCC(=O)N(C)C(C)(C)C(=O)O. The summed E-state index contributed by atoms with van der Waals surface area (Å²) in [6.07, 6.45) is 2.23. The van der Waals surface area contributed by atoms with E-state index in [-0.39, 0.29) is 12.3 Å². The minimum absolute atomic E-state index is 0.219. The van der Waals surface area contributed by atoms with Crippen molar-refractivity contribution < 1.29 is 19.2 Å². The number of hydrogen-bond acceptors (Lipinski definition) is 4. The molecule has 6 heteroatoms. The predicted molar refractivity (Wildman–Crippen MR) is 64.0 cm³/mol. The third kappa shape index (κ3) is 2.88. The third-order valence-electron chi connectivity index (χ3n) is 3.19. The number of aliphatic carboxylic acids is 1. The number of nitrogens with zero attached hydrogens (tertiary/aromatic N) is 2. The van der Waals surface area contributed by atoms with Gasteiger partial charge in [0.1, 0.15) is 11.8 Å². The largest absolute Gasteiger partial charge is 0.480 e. The van der Waals surface area contributed by atoms with Crippen molar-refractivity contribution in [2.45, 2.75) is 39.2 Å². The minimum Gasteiger partial charge on any atom is -0.480 e. The fraction of sp³-hybridized carbons (Fsp3) is 0.583. The average Bonchev–Trinajstić information content (AvgIpc) is 2.70. The molecule has 1 rings (SSSR count). The Kier molecular flexibility index (Phi) is 4.11. The molecule has 0 saturated carbocycles. The summed E-state index contributed by atoms with van der Waals surface area (Å²) in [5.74, 6) is -1.25. The van der Waals surface area contributed by atoms with Crippen molar-refractivity contribution in [3.63, 3.8) is 0 Å². The van der Waals surface area contributed by atoms with E-state index in [9.17, 15) is 9.59 Å². The van der Waals surface area contributed by atoms with Crippen LogP contribution in [0.3, 0.4) is 0 Å². The first-order valence-corrected chi connectivity index (χ1v) is 5.66. The number of carboxylic acids is 1. The van der Waals surface area contributed by atoms with Crippen molar-refractivity contribution in [3.8, 4) is 0 Å². The van der Waals surface area contributed by atoms with Crippen LogP contribution in [0.25, 0.3) is 0 Å². The summed E-state index contributed by atoms with van der Waals surface area (Å²) in [7, 11) is 1.50. The number of hydrogen-bond donors (Lipinski definition) is 1. The van der Waals surface area contributed by atoms with Gasteiger partial charge in [0.05, 0.1) is 5.69 Å². The number of carboxylic acid groups (broad SMARTS) is 1. The van der Waals surface area contributed by atoms with Crippen LogP contribution in [-0.2, 0) is 16.0 Å². The number of amides is 1. The van der Waals surface area contributed by atoms with Crippen LogP contribution in [0, 0.1) is 6.92 Å². The molecular weight excluding hydrogens is 236 g/mol. The van der Waals surface area contributed by atoms with Crippen LogP contribution in [0.5, 0.6) is 0 Å². The van der Waals surface area contributed by atoms with Gasteiger partial charge in [0.25, 0.3) is 0 Å². The Morgan fingerprint density at radius 1 is 1.50 bits per heavy atom. The summed E-state index contributed by atoms with van der Waals surface area (Å²) in [6.45, 7) is 4.80. The van der Waals surface area contributed by atoms with Gasteiger partial charge in [-0.25, -0.2) is 4.79 Å². The lowest BCUT2D eigenvalue weighted by atomic mass is 10.0. The highest BCUT2D eigenvalue weighted by Crippen LogP contribution is 2.15. The summed E-state index contributed by atoms with van der Waals surface area (Å²) in [6, 6.07) is 0. The van der Waals surface area contributed by atoms with Crippen LogP contribution in [0.1, 0.15) is 31.5 Å². The minimum atomic E-state index is -1.21. The molecule has 0 unspecified atom stereocenters. The van der Waals surface area contributed by atoms with Crippen molar-refractivity contribution in [3.05, 3.63) is 17.5 Å². The van der Waals surface area contributed by atoms with Crippen molar-refractivity contribution in [1.82, 2.24) is 10.1 Å². The van der Waals surface area contributed by atoms with Crippen molar-refractivity contribution in [2.24, 2.45) is 0 Å². The van der Waals surface area contributed by atoms with Gasteiger partial charge in [0, 0.05) is 19.0 Å². The van der Waals surface area contributed by atoms with Crippen LogP contribution >= 0.6 is 0 Å². The molecule has 0 fully saturated rings. The number of rotatable bonds is 5. The quantitative estimate of drug-likeness (QED) is 0.854. The first-order valence-electron chi connectivity index (χ1n) is 5.66. The molecule has 0 radical (unpaired) electrons. The Morgan fingerprint density at radius 3 is 2.56 bits per heavy atom. The van der Waals surface area contributed by atoms with Crippen LogP contribution in [-0.4, -0.2) is 39.6 Å². The highest BCUT2D eigenvalue weighted by molar-refractivity contribution is 5.86. The fourth-order valence-corrected chi connectivity index (χ4v) is 1.42. The van der Waals surface area contributed by atoms with Gasteiger partial charge in [-0.3, -0.25) is 4.79 Å². The first kappa shape index (κ1) is 14.2. The number of likely N-dealkylation sites (N-methyl/N-ethyl adjacent to an activating group) is 1. The number of carbonyl (C=O) groups is 2. The van der Waals surface area contributed by atoms with E-state index in [0.717, 1.165) is 11.3 Å². The Bertz CT molecular complexity index is 451. The Hall–Kier alpha value is -1.85. The molecule has 0 spiro atoms. The molecule has 0 atom stereocenters. The fourth-order valence-electron chi connectivity index (χ4n) is 1.42. The standard InChI is InChI=1S/C12H18N2O4/c1-8-9(7-18-13-8)5-6-10(15)14(4)12(2,3)11(16)17/h7H,5-6H2,1-4H3,(H,16,17). The normalized spacial score (nSPS) is 11.3. The molecule has 1 N–H and O–H groups in total. The maximum absolute atomic E-state index is 11.9. The highest BCUT2D eigenvalue weighted by Gasteiger charge is 2.34. The molecule has 1 aromatic rings. The van der Waals surface area contributed by atoms with E-state index in [0.29, 0.717) is 6.42 Å². The molecule has 6 nitrogen and oxygen atoms in total. The first-order chi connectivity index (χ1) is 8.26. The average molecular weight is 254 g/mol. The maximum atomic E-state index is 11.9. The molecule has 0 saturated heterocycles. The summed E-state index contributed by atoms with van der Waals surface area (Å²) >= 11 is 0. The molecule has 0 bridgehead atoms. The Balaban J connectivity index is 2.61. The second-order valence-electron chi connectivity index (χ2n) is 4.74. The van der Waals surface area contributed by atoms with Crippen LogP contribution in [0.4, 0.5) is 0 Å². The molecular formula is C12H18N2O4. The lowest BCUT2D eigenvalue weighted by molar-refractivity contribution is -0.155. The smallest absolute Gasteiger partial charge is 0.329 e. The lowest BCUT2D eigenvalue weighted by Gasteiger charge is -2.31. The maximum Gasteiger partial charge on any atom is 0.329 e. The number of aryl methyl sites for hydroxylation is 2. The molecule has 1 heterocycles. The molecule has 0 aromatic carbocycles. The molecule has 0 aliphatic carbocycles. The molecule has 0 aliphatic heterocycles. The zero-order valence-electron chi connectivity index (χ0n) is 11.1. The van der Waals surface area contributed by atoms with Gasteiger partial charge in [-0.15, -0.1) is 0 Å². The van der Waals surface area contributed by atoms with E-state index in [1.165, 1.54) is 32.1 Å². The van der Waals surface area contributed by atoms with Gasteiger partial charge in [-0.2, -0.15) is 0 Å². The lowest BCUT2D eigenvalue weighted by Crippen LogP contribution is -2.50. The second-order valence-corrected chi connectivity index (χ2v) is 4.74. The highest BCUT2D eigenvalue weighted by atomic mass is 16.5. The number of aromatic nitrogens is 1. The van der Waals surface area contributed by atoms with Crippen LogP contribution in [0.2, 0.25) is 0 Å². The Labute approximate surface area is 106 Å². The van der Waals surface area contributed by atoms with E-state index in [2.05, 4.69) is 5.16 Å². The molecule has 18 heavy (non-hydrogen) atoms. The zero-order chi connectivity index (χ0) is 13.9. The van der Waals surface area contributed by atoms with Crippen molar-refractivity contribution in [2.75, 3.05) is 7.05 Å². The summed E-state index contributed by atoms with van der Waals surface area (Å²) < 4.78 is 4.77. The number of carbonyl (C=O) groups excluding carboxylic acids is 1. The molecule has 0 aliphatic rings. The summed E-state index contributed by atoms with van der Waals surface area (Å²) in [5, 5.41) is 12.8. The topological polar surface area (TPSA) is 83.6 Å². The molecule has 1 amide bonds. The molecule has 1 aromatic heterocycles. The Morgan fingerprint density at radius 2 is 2.11 bits per heavy atom. The van der Waals surface area contributed by atoms with Crippen LogP contribution in [0.15, 0.2) is 10.8 Å². The monoisotopic (exact) mass is 254 g/mol. The van der Waals surface area contributed by atoms with E-state index in [4.69, 9.17) is 9.63 Å². The van der Waals surface area contributed by atoms with Gasteiger partial charge in [0.15, 0.2) is 0 Å². The zero-order valence-corrected chi connectivity index (χ0v) is 11.1. The van der Waals surface area contributed by atoms with E-state index < -0.39 is 11.5 Å². The van der Waals surface area contributed by atoms with E-state index in [1.54, 1.807) is 6.92 Å².